The number of hydrogen-bond donors (Lipinski definition) is 0. The van der Waals surface area contributed by atoms with Gasteiger partial charge in [-0.2, -0.15) is 0 Å². The lowest BCUT2D eigenvalue weighted by molar-refractivity contribution is 0.456. The highest BCUT2D eigenvalue weighted by Crippen LogP contribution is 2.16. The molecule has 15 heavy (non-hydrogen) atoms. The standard InChI is InChI=1S/C14H27O/c1-3-5-7-8-10-12-14(13-15)11-9-6-4-2/h14H,3-12H2,1-2H3. The molecule has 0 heterocycles. The third-order valence-electron chi connectivity index (χ3n) is 2.98. The zero-order chi connectivity index (χ0) is 11.4. The van der Waals surface area contributed by atoms with Gasteiger partial charge in [-0.25, -0.2) is 0 Å². The summed E-state index contributed by atoms with van der Waals surface area (Å²) in [6, 6.07) is 0. The van der Waals surface area contributed by atoms with Crippen molar-refractivity contribution in [2.45, 2.75) is 78.1 Å². The van der Waals surface area contributed by atoms with E-state index in [1.54, 1.807) is 0 Å². The highest BCUT2D eigenvalue weighted by molar-refractivity contribution is 5.54. The van der Waals surface area contributed by atoms with Gasteiger partial charge in [0, 0.05) is 5.92 Å². The van der Waals surface area contributed by atoms with Crippen LogP contribution in [0.3, 0.4) is 0 Å². The largest absolute Gasteiger partial charge is 0.291 e. The third kappa shape index (κ3) is 9.96. The average molecular weight is 211 g/mol. The highest BCUT2D eigenvalue weighted by atomic mass is 16.1. The molecule has 0 spiro atoms. The maximum atomic E-state index is 10.7. The van der Waals surface area contributed by atoms with Crippen LogP contribution < -0.4 is 0 Å². The molecule has 1 heteroatoms. The maximum absolute atomic E-state index is 10.7. The van der Waals surface area contributed by atoms with Crippen LogP contribution in [0.1, 0.15) is 78.1 Å². The van der Waals surface area contributed by atoms with Gasteiger partial charge in [-0.05, 0) is 12.8 Å². The van der Waals surface area contributed by atoms with E-state index in [9.17, 15) is 4.79 Å². The molecule has 0 aromatic rings. The van der Waals surface area contributed by atoms with Crippen molar-refractivity contribution in [1.29, 1.82) is 0 Å². The monoisotopic (exact) mass is 211 g/mol. The number of rotatable bonds is 11. The topological polar surface area (TPSA) is 17.1 Å². The molecule has 1 atom stereocenters. The van der Waals surface area contributed by atoms with Crippen molar-refractivity contribution in [3.8, 4) is 0 Å². The van der Waals surface area contributed by atoms with Gasteiger partial charge in [0.05, 0.1) is 0 Å². The molecule has 0 rings (SSSR count). The highest BCUT2D eigenvalue weighted by Gasteiger charge is 2.07. The molecule has 0 aliphatic rings. The van der Waals surface area contributed by atoms with Crippen LogP contribution in [0.4, 0.5) is 0 Å². The average Bonchev–Trinajstić information content (AvgIpc) is 2.26. The Labute approximate surface area is 95.6 Å². The molecular formula is C14H27O. The van der Waals surface area contributed by atoms with Gasteiger partial charge in [0.1, 0.15) is 0 Å². The quantitative estimate of drug-likeness (QED) is 0.454. The molecule has 0 saturated heterocycles. The summed E-state index contributed by atoms with van der Waals surface area (Å²) >= 11 is 0. The van der Waals surface area contributed by atoms with Crippen LogP contribution in [-0.4, -0.2) is 6.29 Å². The van der Waals surface area contributed by atoms with E-state index in [4.69, 9.17) is 0 Å². The van der Waals surface area contributed by atoms with Gasteiger partial charge >= 0.3 is 0 Å². The molecule has 0 aromatic carbocycles. The Kier molecular flexibility index (Phi) is 11.5. The molecule has 0 bridgehead atoms. The predicted molar refractivity (Wildman–Crippen MR) is 66.7 cm³/mol. The first-order valence-corrected chi connectivity index (χ1v) is 6.72. The van der Waals surface area contributed by atoms with Crippen LogP contribution in [0.2, 0.25) is 0 Å². The first-order valence-electron chi connectivity index (χ1n) is 6.72. The molecule has 0 aliphatic heterocycles. The van der Waals surface area contributed by atoms with Crippen molar-refractivity contribution in [3.05, 3.63) is 0 Å². The van der Waals surface area contributed by atoms with Crippen LogP contribution in [0.15, 0.2) is 0 Å². The number of unbranched alkanes of at least 4 members (excludes halogenated alkanes) is 6. The summed E-state index contributed by atoms with van der Waals surface area (Å²) < 4.78 is 0. The molecule has 1 unspecified atom stereocenters. The van der Waals surface area contributed by atoms with Crippen LogP contribution in [-0.2, 0) is 4.79 Å². The summed E-state index contributed by atoms with van der Waals surface area (Å²) in [5, 5.41) is 0. The molecule has 1 radical (unpaired) electrons. The Balaban J connectivity index is 3.32. The minimum absolute atomic E-state index is 0.221. The molecule has 89 valence electrons. The number of carbonyl (C=O) groups excluding carboxylic acids is 1. The summed E-state index contributed by atoms with van der Waals surface area (Å²) in [4.78, 5) is 10.7. The second-order valence-electron chi connectivity index (χ2n) is 4.51. The van der Waals surface area contributed by atoms with E-state index in [0.717, 1.165) is 12.8 Å². The summed E-state index contributed by atoms with van der Waals surface area (Å²) in [6.45, 7) is 4.43. The lowest BCUT2D eigenvalue weighted by Crippen LogP contribution is -2.01. The maximum Gasteiger partial charge on any atom is 0.201 e. The van der Waals surface area contributed by atoms with Gasteiger partial charge in [-0.1, -0.05) is 65.2 Å². The van der Waals surface area contributed by atoms with Gasteiger partial charge in [0.15, 0.2) is 0 Å². The van der Waals surface area contributed by atoms with Crippen LogP contribution in [0, 0.1) is 5.92 Å². The van der Waals surface area contributed by atoms with E-state index in [2.05, 4.69) is 20.1 Å². The van der Waals surface area contributed by atoms with Crippen molar-refractivity contribution in [3.63, 3.8) is 0 Å². The van der Waals surface area contributed by atoms with Crippen molar-refractivity contribution in [2.75, 3.05) is 0 Å². The normalized spacial score (nSPS) is 12.7. The van der Waals surface area contributed by atoms with Gasteiger partial charge < -0.3 is 0 Å². The lowest BCUT2D eigenvalue weighted by Gasteiger charge is -2.08. The van der Waals surface area contributed by atoms with E-state index in [-0.39, 0.29) is 5.92 Å². The molecule has 0 aliphatic carbocycles. The lowest BCUT2D eigenvalue weighted by atomic mass is 9.96. The van der Waals surface area contributed by atoms with E-state index >= 15 is 0 Å². The Morgan fingerprint density at radius 1 is 0.800 bits per heavy atom. The zero-order valence-electron chi connectivity index (χ0n) is 10.6. The first-order chi connectivity index (χ1) is 7.35. The molecule has 1 nitrogen and oxygen atoms in total. The van der Waals surface area contributed by atoms with Crippen LogP contribution >= 0.6 is 0 Å². The molecule has 0 saturated carbocycles. The van der Waals surface area contributed by atoms with E-state index in [0.29, 0.717) is 0 Å². The zero-order valence-corrected chi connectivity index (χ0v) is 10.6. The molecule has 0 amide bonds. The van der Waals surface area contributed by atoms with Gasteiger partial charge in [-0.3, -0.25) is 4.79 Å². The fraction of sp³-hybridized carbons (Fsp3) is 0.929. The van der Waals surface area contributed by atoms with E-state index in [1.165, 1.54) is 51.4 Å². The second kappa shape index (κ2) is 11.7. The summed E-state index contributed by atoms with van der Waals surface area (Å²) in [6.07, 6.45) is 14.5. The Morgan fingerprint density at radius 3 is 1.80 bits per heavy atom. The fourth-order valence-corrected chi connectivity index (χ4v) is 1.90. The van der Waals surface area contributed by atoms with Gasteiger partial charge in [-0.15, -0.1) is 0 Å². The minimum Gasteiger partial charge on any atom is -0.291 e. The van der Waals surface area contributed by atoms with Gasteiger partial charge in [0.2, 0.25) is 6.29 Å². The molecule has 0 aromatic heterocycles. The van der Waals surface area contributed by atoms with Crippen molar-refractivity contribution < 1.29 is 4.79 Å². The van der Waals surface area contributed by atoms with E-state index in [1.807, 2.05) is 0 Å². The minimum atomic E-state index is 0.221. The van der Waals surface area contributed by atoms with E-state index < -0.39 is 0 Å². The summed E-state index contributed by atoms with van der Waals surface area (Å²) in [5.41, 5.74) is 0. The SMILES string of the molecule is CCCCCCCC([C]=O)CCCCC. The predicted octanol–water partition coefficient (Wildman–Crippen LogP) is 4.65. The third-order valence-corrected chi connectivity index (χ3v) is 2.98. The van der Waals surface area contributed by atoms with Crippen LogP contribution in [0.25, 0.3) is 0 Å². The van der Waals surface area contributed by atoms with Crippen molar-refractivity contribution in [1.82, 2.24) is 0 Å². The van der Waals surface area contributed by atoms with Gasteiger partial charge in [0.25, 0.3) is 0 Å². The molecular weight excluding hydrogens is 184 g/mol. The first kappa shape index (κ1) is 14.7. The Morgan fingerprint density at radius 2 is 1.27 bits per heavy atom. The van der Waals surface area contributed by atoms with Crippen LogP contribution in [0.5, 0.6) is 0 Å². The Hall–Kier alpha value is -0.330. The smallest absolute Gasteiger partial charge is 0.201 e. The van der Waals surface area contributed by atoms with Crippen molar-refractivity contribution >= 4 is 6.29 Å². The molecule has 0 N–H and O–H groups in total. The van der Waals surface area contributed by atoms with Crippen molar-refractivity contribution in [2.24, 2.45) is 5.92 Å². The fourth-order valence-electron chi connectivity index (χ4n) is 1.90. The Bertz CT molecular complexity index is 131. The summed E-state index contributed by atoms with van der Waals surface area (Å²) in [7, 11) is 0. The number of hydrogen-bond acceptors (Lipinski definition) is 1. The second-order valence-corrected chi connectivity index (χ2v) is 4.51. The molecule has 0 fully saturated rings. The summed E-state index contributed by atoms with van der Waals surface area (Å²) in [5.74, 6) is 0.221.